The first-order chi connectivity index (χ1) is 13.0. The zero-order valence-corrected chi connectivity index (χ0v) is 16.0. The van der Waals surface area contributed by atoms with Gasteiger partial charge in [-0.1, -0.05) is 36.4 Å². The lowest BCUT2D eigenvalue weighted by Gasteiger charge is -2.26. The Morgan fingerprint density at radius 2 is 1.59 bits per heavy atom. The van der Waals surface area contributed by atoms with Gasteiger partial charge in [-0.3, -0.25) is 4.90 Å². The standard InChI is InChI=1S/C21H23NO4S/c23-21(26-11-8-22-9-12-27(24,25)13-10-22)19-7-3-6-18-14-16-4-1-2-5-17(16)15-20(18)19/h1-7H,8-15H2. The molecule has 1 heterocycles. The Kier molecular flexibility index (Phi) is 5.02. The van der Waals surface area contributed by atoms with Gasteiger partial charge in [0.25, 0.3) is 0 Å². The highest BCUT2D eigenvalue weighted by Gasteiger charge is 2.23. The minimum Gasteiger partial charge on any atom is -0.461 e. The van der Waals surface area contributed by atoms with Crippen molar-refractivity contribution in [3.8, 4) is 0 Å². The van der Waals surface area contributed by atoms with Gasteiger partial charge in [-0.25, -0.2) is 13.2 Å². The van der Waals surface area contributed by atoms with Gasteiger partial charge in [0.2, 0.25) is 0 Å². The van der Waals surface area contributed by atoms with E-state index in [0.29, 0.717) is 25.2 Å². The second-order valence-electron chi connectivity index (χ2n) is 7.19. The summed E-state index contributed by atoms with van der Waals surface area (Å²) in [6, 6.07) is 14.2. The number of fused-ring (bicyclic) bond motifs is 2. The number of hydrogen-bond acceptors (Lipinski definition) is 5. The second-order valence-corrected chi connectivity index (χ2v) is 9.50. The number of ether oxygens (including phenoxy) is 1. The van der Waals surface area contributed by atoms with E-state index in [9.17, 15) is 13.2 Å². The normalized spacial score (nSPS) is 18.4. The van der Waals surface area contributed by atoms with Gasteiger partial charge in [-0.05, 0) is 41.2 Å². The molecule has 2 aliphatic rings. The van der Waals surface area contributed by atoms with E-state index in [-0.39, 0.29) is 24.1 Å². The molecule has 0 spiro atoms. The van der Waals surface area contributed by atoms with Crippen molar-refractivity contribution in [2.75, 3.05) is 37.7 Å². The maximum atomic E-state index is 12.6. The van der Waals surface area contributed by atoms with E-state index in [4.69, 9.17) is 4.74 Å². The van der Waals surface area contributed by atoms with Gasteiger partial charge in [-0.15, -0.1) is 0 Å². The van der Waals surface area contributed by atoms with E-state index in [1.165, 1.54) is 16.7 Å². The van der Waals surface area contributed by atoms with Crippen molar-refractivity contribution in [2.24, 2.45) is 0 Å². The number of sulfone groups is 1. The molecule has 27 heavy (non-hydrogen) atoms. The smallest absolute Gasteiger partial charge is 0.338 e. The lowest BCUT2D eigenvalue weighted by Crippen LogP contribution is -2.41. The number of benzene rings is 2. The zero-order chi connectivity index (χ0) is 18.9. The van der Waals surface area contributed by atoms with Crippen molar-refractivity contribution in [1.29, 1.82) is 0 Å². The summed E-state index contributed by atoms with van der Waals surface area (Å²) in [5, 5.41) is 0. The molecule has 1 saturated heterocycles. The topological polar surface area (TPSA) is 63.7 Å². The van der Waals surface area contributed by atoms with Gasteiger partial charge in [-0.2, -0.15) is 0 Å². The molecule has 0 saturated carbocycles. The Bertz CT molecular complexity index is 954. The van der Waals surface area contributed by atoms with Crippen LogP contribution in [0.1, 0.15) is 32.6 Å². The van der Waals surface area contributed by atoms with Gasteiger partial charge in [0.1, 0.15) is 6.61 Å². The minimum atomic E-state index is -2.88. The third-order valence-corrected chi connectivity index (χ3v) is 7.05. The summed E-state index contributed by atoms with van der Waals surface area (Å²) in [4.78, 5) is 14.7. The number of carbonyl (C=O) groups is 1. The van der Waals surface area contributed by atoms with E-state index >= 15 is 0 Å². The third-order valence-electron chi connectivity index (χ3n) is 5.44. The Labute approximate surface area is 159 Å². The van der Waals surface area contributed by atoms with Crippen LogP contribution in [0.4, 0.5) is 0 Å². The first kappa shape index (κ1) is 18.2. The first-order valence-corrected chi connectivity index (χ1v) is 11.1. The van der Waals surface area contributed by atoms with Crippen LogP contribution < -0.4 is 0 Å². The van der Waals surface area contributed by atoms with Crippen LogP contribution in [0.3, 0.4) is 0 Å². The molecule has 1 fully saturated rings. The molecule has 0 atom stereocenters. The van der Waals surface area contributed by atoms with Gasteiger partial charge in [0.05, 0.1) is 17.1 Å². The van der Waals surface area contributed by atoms with E-state index in [1.54, 1.807) is 0 Å². The Hall–Kier alpha value is -2.18. The van der Waals surface area contributed by atoms with Crippen molar-refractivity contribution in [3.05, 3.63) is 70.3 Å². The van der Waals surface area contributed by atoms with Crippen molar-refractivity contribution < 1.29 is 17.9 Å². The van der Waals surface area contributed by atoms with Crippen LogP contribution in [-0.4, -0.2) is 57.0 Å². The molecule has 0 N–H and O–H groups in total. The maximum Gasteiger partial charge on any atom is 0.338 e. The summed E-state index contributed by atoms with van der Waals surface area (Å²) in [5.74, 6) is 0.0786. The fourth-order valence-corrected chi connectivity index (χ4v) is 5.09. The van der Waals surface area contributed by atoms with Crippen LogP contribution >= 0.6 is 0 Å². The summed E-state index contributed by atoms with van der Waals surface area (Å²) in [7, 11) is -2.88. The number of hydrogen-bond donors (Lipinski definition) is 0. The third kappa shape index (κ3) is 4.06. The molecule has 0 bridgehead atoms. The summed E-state index contributed by atoms with van der Waals surface area (Å²) < 4.78 is 28.5. The average molecular weight is 385 g/mol. The molecule has 0 radical (unpaired) electrons. The Morgan fingerprint density at radius 1 is 0.926 bits per heavy atom. The molecule has 0 amide bonds. The quantitative estimate of drug-likeness (QED) is 0.644. The Morgan fingerprint density at radius 3 is 2.33 bits per heavy atom. The summed E-state index contributed by atoms with van der Waals surface area (Å²) >= 11 is 0. The number of rotatable bonds is 4. The van der Waals surface area contributed by atoms with E-state index in [0.717, 1.165) is 18.4 Å². The monoisotopic (exact) mass is 385 g/mol. The molecule has 0 unspecified atom stereocenters. The van der Waals surface area contributed by atoms with Crippen LogP contribution in [0.5, 0.6) is 0 Å². The van der Waals surface area contributed by atoms with E-state index < -0.39 is 9.84 Å². The average Bonchev–Trinajstić information content (AvgIpc) is 2.67. The second kappa shape index (κ2) is 7.44. The van der Waals surface area contributed by atoms with Crippen molar-refractivity contribution >= 4 is 15.8 Å². The summed E-state index contributed by atoms with van der Waals surface area (Å²) in [5.41, 5.74) is 5.47. The molecule has 4 rings (SSSR count). The number of carbonyl (C=O) groups excluding carboxylic acids is 1. The van der Waals surface area contributed by atoms with Crippen LogP contribution in [0.15, 0.2) is 42.5 Å². The highest BCUT2D eigenvalue weighted by Crippen LogP contribution is 2.29. The van der Waals surface area contributed by atoms with Gasteiger partial charge < -0.3 is 4.74 Å². The Balaban J connectivity index is 1.39. The van der Waals surface area contributed by atoms with Crippen molar-refractivity contribution in [2.45, 2.75) is 12.8 Å². The number of esters is 1. The minimum absolute atomic E-state index is 0.187. The summed E-state index contributed by atoms with van der Waals surface area (Å²) in [6.07, 6.45) is 1.59. The van der Waals surface area contributed by atoms with Gasteiger partial charge in [0.15, 0.2) is 9.84 Å². The van der Waals surface area contributed by atoms with Crippen LogP contribution in [0.25, 0.3) is 0 Å². The van der Waals surface area contributed by atoms with Crippen molar-refractivity contribution in [3.63, 3.8) is 0 Å². The molecule has 0 aromatic heterocycles. The lowest BCUT2D eigenvalue weighted by atomic mass is 9.84. The fourth-order valence-electron chi connectivity index (χ4n) is 3.82. The summed E-state index contributed by atoms with van der Waals surface area (Å²) in [6.45, 7) is 1.87. The predicted octanol–water partition coefficient (Wildman–Crippen LogP) is 2.07. The van der Waals surface area contributed by atoms with Gasteiger partial charge in [0, 0.05) is 19.6 Å². The highest BCUT2D eigenvalue weighted by molar-refractivity contribution is 7.91. The van der Waals surface area contributed by atoms with Crippen LogP contribution in [0.2, 0.25) is 0 Å². The molecular weight excluding hydrogens is 362 g/mol. The largest absolute Gasteiger partial charge is 0.461 e. The fraction of sp³-hybridized carbons (Fsp3) is 0.381. The SMILES string of the molecule is O=C(OCCN1CCS(=O)(=O)CC1)c1cccc2c1Cc1ccccc1C2. The van der Waals surface area contributed by atoms with E-state index in [1.807, 2.05) is 29.2 Å². The highest BCUT2D eigenvalue weighted by atomic mass is 32.2. The van der Waals surface area contributed by atoms with Gasteiger partial charge >= 0.3 is 5.97 Å². The molecular formula is C21H23NO4S. The molecule has 6 heteroatoms. The maximum absolute atomic E-state index is 12.6. The predicted molar refractivity (Wildman–Crippen MR) is 104 cm³/mol. The van der Waals surface area contributed by atoms with Crippen molar-refractivity contribution in [1.82, 2.24) is 4.90 Å². The molecule has 1 aliphatic heterocycles. The molecule has 5 nitrogen and oxygen atoms in total. The van der Waals surface area contributed by atoms with Crippen LogP contribution in [0, 0.1) is 0 Å². The molecule has 142 valence electrons. The van der Waals surface area contributed by atoms with E-state index in [2.05, 4.69) is 18.2 Å². The van der Waals surface area contributed by atoms with Crippen LogP contribution in [-0.2, 0) is 27.4 Å². The number of nitrogens with zero attached hydrogens (tertiary/aromatic N) is 1. The lowest BCUT2D eigenvalue weighted by molar-refractivity contribution is 0.0464. The molecule has 1 aliphatic carbocycles. The first-order valence-electron chi connectivity index (χ1n) is 9.29. The zero-order valence-electron chi connectivity index (χ0n) is 15.2. The molecule has 2 aromatic rings. The molecule has 2 aromatic carbocycles.